The molecule has 0 bridgehead atoms. The van der Waals surface area contributed by atoms with Gasteiger partial charge < -0.3 is 20.4 Å². The SMILES string of the molecule is C=C(C)C(=O)O.C=C(C)C(=O)O.C=CC(O)CO. The number of hydrogen-bond donors (Lipinski definition) is 4. The highest BCUT2D eigenvalue weighted by Crippen LogP contribution is 1.81. The molecule has 104 valence electrons. The van der Waals surface area contributed by atoms with Gasteiger partial charge in [0.15, 0.2) is 0 Å². The van der Waals surface area contributed by atoms with Gasteiger partial charge >= 0.3 is 11.9 Å². The molecule has 1 unspecified atom stereocenters. The van der Waals surface area contributed by atoms with Crippen LogP contribution in [0.25, 0.3) is 0 Å². The molecule has 0 aliphatic heterocycles. The van der Waals surface area contributed by atoms with Crippen molar-refractivity contribution in [1.82, 2.24) is 0 Å². The molecular formula is C12H20O6. The summed E-state index contributed by atoms with van der Waals surface area (Å²) in [5.41, 5.74) is 0.352. The van der Waals surface area contributed by atoms with Gasteiger partial charge in [0, 0.05) is 11.1 Å². The summed E-state index contributed by atoms with van der Waals surface area (Å²) in [5, 5.41) is 32.1. The van der Waals surface area contributed by atoms with Gasteiger partial charge in [-0.3, -0.25) is 0 Å². The highest BCUT2D eigenvalue weighted by molar-refractivity contribution is 5.85. The van der Waals surface area contributed by atoms with Crippen LogP contribution in [0.1, 0.15) is 13.8 Å². The number of aliphatic hydroxyl groups excluding tert-OH is 2. The Labute approximate surface area is 106 Å². The summed E-state index contributed by atoms with van der Waals surface area (Å²) in [6.07, 6.45) is 0.532. The number of carboxylic acids is 2. The molecule has 0 heterocycles. The normalized spacial score (nSPS) is 9.56. The maximum absolute atomic E-state index is 9.60. The Morgan fingerprint density at radius 1 is 1.11 bits per heavy atom. The first-order valence-corrected chi connectivity index (χ1v) is 4.79. The van der Waals surface area contributed by atoms with Crippen LogP contribution in [0.15, 0.2) is 37.0 Å². The molecular weight excluding hydrogens is 240 g/mol. The molecule has 0 aliphatic rings. The lowest BCUT2D eigenvalue weighted by Gasteiger charge is -1.93. The van der Waals surface area contributed by atoms with E-state index in [-0.39, 0.29) is 17.8 Å². The summed E-state index contributed by atoms with van der Waals surface area (Å²) in [6.45, 7) is 12.2. The molecule has 1 atom stereocenters. The predicted molar refractivity (Wildman–Crippen MR) is 68.2 cm³/mol. The molecule has 0 aromatic rings. The topological polar surface area (TPSA) is 115 Å². The lowest BCUT2D eigenvalue weighted by Crippen LogP contribution is -2.05. The molecule has 0 aromatic heterocycles. The highest BCUT2D eigenvalue weighted by atomic mass is 16.4. The average molecular weight is 260 g/mol. The van der Waals surface area contributed by atoms with E-state index in [1.165, 1.54) is 19.9 Å². The summed E-state index contributed by atoms with van der Waals surface area (Å²) >= 11 is 0. The van der Waals surface area contributed by atoms with Gasteiger partial charge in [0.2, 0.25) is 0 Å². The zero-order valence-electron chi connectivity index (χ0n) is 10.6. The number of aliphatic hydroxyl groups is 2. The van der Waals surface area contributed by atoms with Crippen LogP contribution in [0, 0.1) is 0 Å². The maximum Gasteiger partial charge on any atom is 0.330 e. The minimum Gasteiger partial charge on any atom is -0.478 e. The van der Waals surface area contributed by atoms with Gasteiger partial charge in [0.25, 0.3) is 0 Å². The van der Waals surface area contributed by atoms with Crippen molar-refractivity contribution in [1.29, 1.82) is 0 Å². The van der Waals surface area contributed by atoms with Gasteiger partial charge in [-0.1, -0.05) is 19.2 Å². The molecule has 0 aliphatic carbocycles. The van der Waals surface area contributed by atoms with Gasteiger partial charge in [-0.15, -0.1) is 6.58 Å². The van der Waals surface area contributed by atoms with Gasteiger partial charge in [-0.05, 0) is 13.8 Å². The fraction of sp³-hybridized carbons (Fsp3) is 0.333. The van der Waals surface area contributed by atoms with E-state index in [1.807, 2.05) is 0 Å². The van der Waals surface area contributed by atoms with Gasteiger partial charge in [-0.25, -0.2) is 9.59 Å². The molecule has 0 amide bonds. The Hall–Kier alpha value is -1.92. The summed E-state index contributed by atoms with van der Waals surface area (Å²) in [7, 11) is 0. The lowest BCUT2D eigenvalue weighted by molar-refractivity contribution is -0.133. The van der Waals surface area contributed by atoms with Crippen LogP contribution in [-0.2, 0) is 9.59 Å². The van der Waals surface area contributed by atoms with Gasteiger partial charge in [0.1, 0.15) is 0 Å². The smallest absolute Gasteiger partial charge is 0.330 e. The van der Waals surface area contributed by atoms with Crippen LogP contribution in [0.3, 0.4) is 0 Å². The number of carbonyl (C=O) groups is 2. The molecule has 0 rings (SSSR count). The van der Waals surface area contributed by atoms with Crippen molar-refractivity contribution in [3.8, 4) is 0 Å². The average Bonchev–Trinajstić information content (AvgIpc) is 2.29. The summed E-state index contributed by atoms with van der Waals surface area (Å²) in [5.74, 6) is -1.87. The summed E-state index contributed by atoms with van der Waals surface area (Å²) < 4.78 is 0. The molecule has 0 saturated heterocycles. The lowest BCUT2D eigenvalue weighted by atomic mass is 10.4. The maximum atomic E-state index is 9.60. The van der Waals surface area contributed by atoms with Crippen molar-refractivity contribution in [2.75, 3.05) is 6.61 Å². The Kier molecular flexibility index (Phi) is 15.6. The van der Waals surface area contributed by atoms with Crippen LogP contribution >= 0.6 is 0 Å². The fourth-order valence-electron chi connectivity index (χ4n) is 0.0745. The van der Waals surface area contributed by atoms with E-state index in [4.69, 9.17) is 20.4 Å². The van der Waals surface area contributed by atoms with Crippen LogP contribution in [0.5, 0.6) is 0 Å². The molecule has 0 fully saturated rings. The monoisotopic (exact) mass is 260 g/mol. The van der Waals surface area contributed by atoms with Crippen LogP contribution in [0.4, 0.5) is 0 Å². The second kappa shape index (κ2) is 13.1. The molecule has 18 heavy (non-hydrogen) atoms. The molecule has 0 radical (unpaired) electrons. The van der Waals surface area contributed by atoms with Crippen LogP contribution in [-0.4, -0.2) is 45.1 Å². The standard InChI is InChI=1S/2C4H6O2.C4H8O2/c2*1-3(2)4(5)6;1-2-4(6)3-5/h2*1H2,2H3,(H,5,6);2,4-6H,1,3H2. The van der Waals surface area contributed by atoms with Crippen molar-refractivity contribution >= 4 is 11.9 Å². The van der Waals surface area contributed by atoms with E-state index < -0.39 is 18.0 Å². The van der Waals surface area contributed by atoms with E-state index in [0.29, 0.717) is 0 Å². The molecule has 0 saturated carbocycles. The van der Waals surface area contributed by atoms with Gasteiger partial charge in [-0.2, -0.15) is 0 Å². The Bertz CT molecular complexity index is 258. The predicted octanol–water partition coefficient (Wildman–Crippen LogP) is 0.820. The number of hydrogen-bond acceptors (Lipinski definition) is 4. The van der Waals surface area contributed by atoms with Crippen molar-refractivity contribution < 1.29 is 30.0 Å². The van der Waals surface area contributed by atoms with Crippen LogP contribution < -0.4 is 0 Å². The Morgan fingerprint density at radius 3 is 1.33 bits per heavy atom. The zero-order chi connectivity index (χ0) is 15.3. The van der Waals surface area contributed by atoms with E-state index in [1.54, 1.807) is 0 Å². The third kappa shape index (κ3) is 23.7. The molecule has 0 spiro atoms. The molecule has 6 heteroatoms. The van der Waals surface area contributed by atoms with E-state index in [0.717, 1.165) is 0 Å². The summed E-state index contributed by atoms with van der Waals surface area (Å²) in [4.78, 5) is 19.2. The molecule has 4 N–H and O–H groups in total. The molecule has 0 aromatic carbocycles. The van der Waals surface area contributed by atoms with Crippen LogP contribution in [0.2, 0.25) is 0 Å². The third-order valence-electron chi connectivity index (χ3n) is 1.19. The Balaban J connectivity index is -0.000000187. The zero-order valence-corrected chi connectivity index (χ0v) is 10.6. The quantitative estimate of drug-likeness (QED) is 0.439. The van der Waals surface area contributed by atoms with Crippen molar-refractivity contribution in [2.24, 2.45) is 0 Å². The van der Waals surface area contributed by atoms with Crippen molar-refractivity contribution in [3.05, 3.63) is 37.0 Å². The fourth-order valence-corrected chi connectivity index (χ4v) is 0.0745. The van der Waals surface area contributed by atoms with Gasteiger partial charge in [0.05, 0.1) is 12.7 Å². The number of rotatable bonds is 4. The number of carboxylic acid groups (broad SMARTS) is 2. The highest BCUT2D eigenvalue weighted by Gasteiger charge is 1.90. The first-order valence-electron chi connectivity index (χ1n) is 4.79. The summed E-state index contributed by atoms with van der Waals surface area (Å²) in [6, 6.07) is 0. The number of aliphatic carboxylic acids is 2. The van der Waals surface area contributed by atoms with E-state index in [9.17, 15) is 9.59 Å². The van der Waals surface area contributed by atoms with E-state index >= 15 is 0 Å². The Morgan fingerprint density at radius 2 is 1.33 bits per heavy atom. The third-order valence-corrected chi connectivity index (χ3v) is 1.19. The second-order valence-electron chi connectivity index (χ2n) is 3.16. The van der Waals surface area contributed by atoms with E-state index in [2.05, 4.69) is 19.7 Å². The minimum atomic E-state index is -0.935. The largest absolute Gasteiger partial charge is 0.478 e. The molecule has 6 nitrogen and oxygen atoms in total. The first-order chi connectivity index (χ1) is 8.09. The minimum absolute atomic E-state index is 0.176. The van der Waals surface area contributed by atoms with Crippen molar-refractivity contribution in [3.63, 3.8) is 0 Å². The second-order valence-corrected chi connectivity index (χ2v) is 3.16. The van der Waals surface area contributed by atoms with Crippen molar-refractivity contribution in [2.45, 2.75) is 20.0 Å². The first kappa shape index (κ1) is 21.4.